The lowest BCUT2D eigenvalue weighted by Crippen LogP contribution is -2.12. The lowest BCUT2D eigenvalue weighted by atomic mass is 10.1. The average Bonchev–Trinajstić information content (AvgIpc) is 3.10. The number of nitrogens with zero attached hydrogens (tertiary/aromatic N) is 4. The van der Waals surface area contributed by atoms with Crippen LogP contribution < -0.4 is 4.74 Å². The summed E-state index contributed by atoms with van der Waals surface area (Å²) in [6.07, 6.45) is 3.91. The van der Waals surface area contributed by atoms with Crippen LogP contribution >= 0.6 is 0 Å². The molecule has 0 radical (unpaired) electrons. The van der Waals surface area contributed by atoms with E-state index in [1.807, 2.05) is 18.5 Å². The van der Waals surface area contributed by atoms with E-state index in [-0.39, 0.29) is 0 Å². The third-order valence-corrected chi connectivity index (χ3v) is 4.62. The van der Waals surface area contributed by atoms with Crippen molar-refractivity contribution in [3.63, 3.8) is 0 Å². The first kappa shape index (κ1) is 20.1. The van der Waals surface area contributed by atoms with Crippen molar-refractivity contribution < 1.29 is 4.74 Å². The summed E-state index contributed by atoms with van der Waals surface area (Å²) < 4.78 is 7.72. The molecule has 0 amide bonds. The Balaban J connectivity index is 1.83. The van der Waals surface area contributed by atoms with E-state index in [2.05, 4.69) is 83.9 Å². The molecule has 0 N–H and O–H groups in total. The summed E-state index contributed by atoms with van der Waals surface area (Å²) in [5, 5.41) is 0. The highest BCUT2D eigenvalue weighted by Crippen LogP contribution is 2.27. The Labute approximate surface area is 168 Å². The summed E-state index contributed by atoms with van der Waals surface area (Å²) in [6.45, 7) is 2.58. The van der Waals surface area contributed by atoms with Crippen LogP contribution in [0.2, 0.25) is 0 Å². The van der Waals surface area contributed by atoms with Crippen molar-refractivity contribution in [1.82, 2.24) is 19.4 Å². The molecule has 0 fully saturated rings. The van der Waals surface area contributed by atoms with Gasteiger partial charge in [0.15, 0.2) is 0 Å². The maximum Gasteiger partial charge on any atom is 0.140 e. The predicted octanol–water partition coefficient (Wildman–Crippen LogP) is 3.73. The zero-order chi connectivity index (χ0) is 20.1. The second kappa shape index (κ2) is 9.04. The van der Waals surface area contributed by atoms with Gasteiger partial charge in [0.1, 0.15) is 11.6 Å². The summed E-state index contributed by atoms with van der Waals surface area (Å²) in [7, 11) is 10.0. The van der Waals surface area contributed by atoms with Crippen LogP contribution in [0.25, 0.3) is 11.4 Å². The quantitative estimate of drug-likeness (QED) is 0.598. The van der Waals surface area contributed by atoms with E-state index in [0.29, 0.717) is 0 Å². The van der Waals surface area contributed by atoms with Crippen molar-refractivity contribution in [3.8, 4) is 17.1 Å². The summed E-state index contributed by atoms with van der Waals surface area (Å²) in [6, 6.07) is 15.1. The molecule has 0 aliphatic carbocycles. The number of hydrogen-bond donors (Lipinski definition) is 0. The second-order valence-electron chi connectivity index (χ2n) is 7.70. The molecule has 3 rings (SSSR count). The van der Waals surface area contributed by atoms with Gasteiger partial charge < -0.3 is 19.1 Å². The van der Waals surface area contributed by atoms with Crippen LogP contribution in [0.4, 0.5) is 0 Å². The SMILES string of the molecule is COc1ccc(-c2nccn2Cc2ccc(CN(C)C)cc2)cc1CN(C)C. The van der Waals surface area contributed by atoms with Gasteiger partial charge in [0, 0.05) is 43.2 Å². The van der Waals surface area contributed by atoms with Gasteiger partial charge in [-0.1, -0.05) is 24.3 Å². The third kappa shape index (κ3) is 5.00. The van der Waals surface area contributed by atoms with Gasteiger partial charge in [0.25, 0.3) is 0 Å². The fourth-order valence-corrected chi connectivity index (χ4v) is 3.39. The summed E-state index contributed by atoms with van der Waals surface area (Å²) >= 11 is 0. The van der Waals surface area contributed by atoms with E-state index in [4.69, 9.17) is 4.74 Å². The van der Waals surface area contributed by atoms with Gasteiger partial charge in [0.2, 0.25) is 0 Å². The molecule has 28 heavy (non-hydrogen) atoms. The smallest absolute Gasteiger partial charge is 0.140 e. The van der Waals surface area contributed by atoms with E-state index in [0.717, 1.165) is 42.3 Å². The first-order chi connectivity index (χ1) is 13.5. The first-order valence-electron chi connectivity index (χ1n) is 9.52. The molecule has 0 saturated carbocycles. The van der Waals surface area contributed by atoms with E-state index in [1.165, 1.54) is 11.1 Å². The standard InChI is InChI=1S/C23H30N4O/c1-25(2)15-18-6-8-19(9-7-18)16-27-13-12-24-23(27)20-10-11-22(28-5)21(14-20)17-26(3)4/h6-14H,15-17H2,1-5H3. The van der Waals surface area contributed by atoms with Gasteiger partial charge in [-0.05, 0) is 57.5 Å². The maximum absolute atomic E-state index is 5.53. The summed E-state index contributed by atoms with van der Waals surface area (Å²) in [5.74, 6) is 1.88. The number of methoxy groups -OCH3 is 1. The zero-order valence-corrected chi connectivity index (χ0v) is 17.5. The minimum atomic E-state index is 0.798. The number of hydrogen-bond acceptors (Lipinski definition) is 4. The Bertz CT molecular complexity index is 897. The Morgan fingerprint density at radius 3 is 2.21 bits per heavy atom. The Morgan fingerprint density at radius 2 is 1.57 bits per heavy atom. The highest BCUT2D eigenvalue weighted by molar-refractivity contribution is 5.59. The van der Waals surface area contributed by atoms with Gasteiger partial charge in [-0.2, -0.15) is 0 Å². The van der Waals surface area contributed by atoms with Gasteiger partial charge in [0.05, 0.1) is 7.11 Å². The molecule has 1 aromatic heterocycles. The lowest BCUT2D eigenvalue weighted by Gasteiger charge is -2.15. The molecule has 0 saturated heterocycles. The molecule has 2 aromatic carbocycles. The number of rotatable bonds is 8. The number of ether oxygens (including phenoxy) is 1. The lowest BCUT2D eigenvalue weighted by molar-refractivity contribution is 0.372. The second-order valence-corrected chi connectivity index (χ2v) is 7.70. The van der Waals surface area contributed by atoms with Crippen molar-refractivity contribution in [2.75, 3.05) is 35.3 Å². The molecule has 1 heterocycles. The maximum atomic E-state index is 5.53. The highest BCUT2D eigenvalue weighted by Gasteiger charge is 2.11. The molecule has 5 heteroatoms. The predicted molar refractivity (Wildman–Crippen MR) is 115 cm³/mol. The van der Waals surface area contributed by atoms with Crippen molar-refractivity contribution in [3.05, 3.63) is 71.5 Å². The van der Waals surface area contributed by atoms with Crippen LogP contribution in [0, 0.1) is 0 Å². The molecule has 3 aromatic rings. The Morgan fingerprint density at radius 1 is 0.893 bits per heavy atom. The zero-order valence-electron chi connectivity index (χ0n) is 17.5. The molecule has 0 bridgehead atoms. The fourth-order valence-electron chi connectivity index (χ4n) is 3.39. The van der Waals surface area contributed by atoms with Crippen LogP contribution in [0.5, 0.6) is 5.75 Å². The third-order valence-electron chi connectivity index (χ3n) is 4.62. The van der Waals surface area contributed by atoms with E-state index in [1.54, 1.807) is 7.11 Å². The minimum Gasteiger partial charge on any atom is -0.496 e. The number of benzene rings is 2. The molecular formula is C23H30N4O. The molecule has 148 valence electrons. The molecular weight excluding hydrogens is 348 g/mol. The van der Waals surface area contributed by atoms with E-state index < -0.39 is 0 Å². The normalized spacial score (nSPS) is 11.4. The van der Waals surface area contributed by atoms with E-state index >= 15 is 0 Å². The van der Waals surface area contributed by atoms with Crippen molar-refractivity contribution in [2.24, 2.45) is 0 Å². The van der Waals surface area contributed by atoms with Crippen LogP contribution in [0.3, 0.4) is 0 Å². The molecule has 0 atom stereocenters. The summed E-state index contributed by atoms with van der Waals surface area (Å²) in [5.41, 5.74) is 4.85. The Kier molecular flexibility index (Phi) is 6.49. The van der Waals surface area contributed by atoms with Crippen LogP contribution in [-0.2, 0) is 19.6 Å². The summed E-state index contributed by atoms with van der Waals surface area (Å²) in [4.78, 5) is 8.94. The molecule has 0 unspecified atom stereocenters. The largest absolute Gasteiger partial charge is 0.496 e. The van der Waals surface area contributed by atoms with Crippen LogP contribution in [0.1, 0.15) is 16.7 Å². The van der Waals surface area contributed by atoms with Gasteiger partial charge in [-0.25, -0.2) is 4.98 Å². The van der Waals surface area contributed by atoms with Gasteiger partial charge in [-0.15, -0.1) is 0 Å². The molecule has 0 spiro atoms. The first-order valence-corrected chi connectivity index (χ1v) is 9.52. The average molecular weight is 379 g/mol. The van der Waals surface area contributed by atoms with E-state index in [9.17, 15) is 0 Å². The van der Waals surface area contributed by atoms with Gasteiger partial charge >= 0.3 is 0 Å². The van der Waals surface area contributed by atoms with Crippen molar-refractivity contribution >= 4 is 0 Å². The molecule has 5 nitrogen and oxygen atoms in total. The number of aromatic nitrogens is 2. The minimum absolute atomic E-state index is 0.798. The van der Waals surface area contributed by atoms with Crippen molar-refractivity contribution in [2.45, 2.75) is 19.6 Å². The van der Waals surface area contributed by atoms with Crippen molar-refractivity contribution in [1.29, 1.82) is 0 Å². The fraction of sp³-hybridized carbons (Fsp3) is 0.348. The topological polar surface area (TPSA) is 33.5 Å². The number of imidazole rings is 1. The van der Waals surface area contributed by atoms with Gasteiger partial charge in [-0.3, -0.25) is 0 Å². The van der Waals surface area contributed by atoms with Crippen LogP contribution in [-0.4, -0.2) is 54.7 Å². The van der Waals surface area contributed by atoms with Crippen LogP contribution in [0.15, 0.2) is 54.9 Å². The molecule has 0 aliphatic rings. The Hall–Kier alpha value is -2.63. The monoisotopic (exact) mass is 378 g/mol. The molecule has 0 aliphatic heterocycles. The highest BCUT2D eigenvalue weighted by atomic mass is 16.5.